The predicted octanol–water partition coefficient (Wildman–Crippen LogP) is 3.57. The molecule has 0 radical (unpaired) electrons. The lowest BCUT2D eigenvalue weighted by molar-refractivity contribution is 0.601. The minimum atomic E-state index is -0.353. The van der Waals surface area contributed by atoms with Crippen molar-refractivity contribution in [2.24, 2.45) is 5.73 Å². The van der Waals surface area contributed by atoms with Gasteiger partial charge in [-0.25, -0.2) is 4.39 Å². The zero-order chi connectivity index (χ0) is 13.1. The first-order valence-electron chi connectivity index (χ1n) is 5.45. The largest absolute Gasteiger partial charge is 0.384 e. The monoisotopic (exact) mass is 260 g/mol. The summed E-state index contributed by atoms with van der Waals surface area (Å²) >= 11 is 1.36. The Kier molecular flexibility index (Phi) is 3.67. The van der Waals surface area contributed by atoms with Crippen molar-refractivity contribution in [3.8, 4) is 0 Å². The average molecular weight is 260 g/mol. The van der Waals surface area contributed by atoms with Gasteiger partial charge in [-0.05, 0) is 37.3 Å². The third kappa shape index (κ3) is 2.90. The number of benzene rings is 2. The first-order chi connectivity index (χ1) is 8.56. The standard InChI is InChI=1S/C14H13FN2S/c1-9-3-2-4-11(7-9)18-13-6-5-10(14(16)17)8-12(13)15/h2-8H,1H3,(H3,16,17). The summed E-state index contributed by atoms with van der Waals surface area (Å²) in [6.07, 6.45) is 0. The maximum atomic E-state index is 13.8. The molecule has 2 aromatic carbocycles. The van der Waals surface area contributed by atoms with E-state index < -0.39 is 0 Å². The van der Waals surface area contributed by atoms with Crippen LogP contribution < -0.4 is 5.73 Å². The second kappa shape index (κ2) is 5.23. The molecule has 0 aliphatic heterocycles. The maximum absolute atomic E-state index is 13.8. The van der Waals surface area contributed by atoms with E-state index in [9.17, 15) is 4.39 Å². The highest BCUT2D eigenvalue weighted by molar-refractivity contribution is 7.99. The summed E-state index contributed by atoms with van der Waals surface area (Å²) in [5.74, 6) is -0.477. The van der Waals surface area contributed by atoms with Gasteiger partial charge in [0.25, 0.3) is 0 Å². The van der Waals surface area contributed by atoms with Crippen LogP contribution in [0.25, 0.3) is 0 Å². The Balaban J connectivity index is 2.27. The summed E-state index contributed by atoms with van der Waals surface area (Å²) in [7, 11) is 0. The van der Waals surface area contributed by atoms with Gasteiger partial charge in [0.15, 0.2) is 0 Å². The van der Waals surface area contributed by atoms with Gasteiger partial charge in [0.05, 0.1) is 0 Å². The molecule has 3 N–H and O–H groups in total. The number of nitrogens with one attached hydrogen (secondary N) is 1. The summed E-state index contributed by atoms with van der Waals surface area (Å²) in [4.78, 5) is 1.52. The summed E-state index contributed by atoms with van der Waals surface area (Å²) in [6, 6.07) is 12.5. The number of rotatable bonds is 3. The molecule has 0 atom stereocenters. The number of hydrogen-bond donors (Lipinski definition) is 2. The van der Waals surface area contributed by atoms with Gasteiger partial charge in [0, 0.05) is 15.4 Å². The molecule has 0 spiro atoms. The third-order valence-electron chi connectivity index (χ3n) is 2.46. The molecule has 0 aliphatic carbocycles. The molecular formula is C14H13FN2S. The first kappa shape index (κ1) is 12.6. The molecule has 92 valence electrons. The van der Waals surface area contributed by atoms with Gasteiger partial charge >= 0.3 is 0 Å². The molecular weight excluding hydrogens is 247 g/mol. The Bertz CT molecular complexity index is 596. The van der Waals surface area contributed by atoms with Crippen molar-refractivity contribution < 1.29 is 4.39 Å². The fraction of sp³-hybridized carbons (Fsp3) is 0.0714. The highest BCUT2D eigenvalue weighted by Crippen LogP contribution is 2.30. The predicted molar refractivity (Wildman–Crippen MR) is 72.7 cm³/mol. The third-order valence-corrected chi connectivity index (χ3v) is 3.50. The van der Waals surface area contributed by atoms with Crippen LogP contribution in [-0.2, 0) is 0 Å². The molecule has 18 heavy (non-hydrogen) atoms. The SMILES string of the molecule is Cc1cccc(Sc2ccc(C(=N)N)cc2F)c1. The van der Waals surface area contributed by atoms with E-state index in [1.165, 1.54) is 17.8 Å². The lowest BCUT2D eigenvalue weighted by Gasteiger charge is -2.06. The molecule has 2 nitrogen and oxygen atoms in total. The molecule has 2 aromatic rings. The zero-order valence-corrected chi connectivity index (χ0v) is 10.7. The first-order valence-corrected chi connectivity index (χ1v) is 6.26. The number of amidine groups is 1. The Morgan fingerprint density at radius 2 is 2.00 bits per heavy atom. The Labute approximate surface area is 110 Å². The van der Waals surface area contributed by atoms with Crippen LogP contribution in [0.1, 0.15) is 11.1 Å². The highest BCUT2D eigenvalue weighted by atomic mass is 32.2. The molecule has 0 unspecified atom stereocenters. The Morgan fingerprint density at radius 3 is 2.61 bits per heavy atom. The van der Waals surface area contributed by atoms with Gasteiger partial charge in [-0.3, -0.25) is 5.41 Å². The molecule has 0 amide bonds. The second-order valence-corrected chi connectivity index (χ2v) is 5.09. The molecule has 2 rings (SSSR count). The minimum absolute atomic E-state index is 0.124. The van der Waals surface area contributed by atoms with Gasteiger partial charge in [0.2, 0.25) is 0 Å². The van der Waals surface area contributed by atoms with Crippen LogP contribution >= 0.6 is 11.8 Å². The molecule has 0 aliphatic rings. The van der Waals surface area contributed by atoms with Gasteiger partial charge < -0.3 is 5.73 Å². The Morgan fingerprint density at radius 1 is 1.22 bits per heavy atom. The fourth-order valence-corrected chi connectivity index (χ4v) is 2.49. The fourth-order valence-electron chi connectivity index (χ4n) is 1.56. The molecule has 0 heterocycles. The van der Waals surface area contributed by atoms with Crippen molar-refractivity contribution >= 4 is 17.6 Å². The van der Waals surface area contributed by atoms with Crippen molar-refractivity contribution in [1.29, 1.82) is 5.41 Å². The summed E-state index contributed by atoms with van der Waals surface area (Å²) in [5, 5.41) is 7.26. The van der Waals surface area contributed by atoms with Crippen LogP contribution in [0.2, 0.25) is 0 Å². The average Bonchev–Trinajstić information content (AvgIpc) is 2.31. The molecule has 0 aromatic heterocycles. The summed E-state index contributed by atoms with van der Waals surface area (Å²) in [6.45, 7) is 2.00. The van der Waals surface area contributed by atoms with Gasteiger partial charge in [0.1, 0.15) is 11.7 Å². The van der Waals surface area contributed by atoms with E-state index in [0.717, 1.165) is 10.5 Å². The van der Waals surface area contributed by atoms with Crippen LogP contribution in [-0.4, -0.2) is 5.84 Å². The maximum Gasteiger partial charge on any atom is 0.137 e. The van der Waals surface area contributed by atoms with E-state index in [4.69, 9.17) is 11.1 Å². The number of nitrogen functional groups attached to an aromatic ring is 1. The van der Waals surface area contributed by atoms with E-state index in [2.05, 4.69) is 0 Å². The normalized spacial score (nSPS) is 10.3. The summed E-state index contributed by atoms with van der Waals surface area (Å²) in [5.41, 5.74) is 6.86. The molecule has 0 saturated heterocycles. The summed E-state index contributed by atoms with van der Waals surface area (Å²) < 4.78 is 13.8. The molecule has 0 saturated carbocycles. The van der Waals surface area contributed by atoms with Crippen LogP contribution in [0, 0.1) is 18.2 Å². The van der Waals surface area contributed by atoms with Gasteiger partial charge in [-0.15, -0.1) is 0 Å². The van der Waals surface area contributed by atoms with Crippen molar-refractivity contribution in [2.75, 3.05) is 0 Å². The van der Waals surface area contributed by atoms with Crippen LogP contribution in [0.5, 0.6) is 0 Å². The van der Waals surface area contributed by atoms with Crippen molar-refractivity contribution in [3.63, 3.8) is 0 Å². The van der Waals surface area contributed by atoms with Crippen LogP contribution in [0.4, 0.5) is 4.39 Å². The van der Waals surface area contributed by atoms with E-state index in [1.54, 1.807) is 12.1 Å². The number of hydrogen-bond acceptors (Lipinski definition) is 2. The molecule has 0 bridgehead atoms. The lowest BCUT2D eigenvalue weighted by atomic mass is 10.2. The quantitative estimate of drug-likeness (QED) is 0.654. The number of halogens is 1. The number of nitrogens with two attached hydrogens (primary N) is 1. The topological polar surface area (TPSA) is 49.9 Å². The second-order valence-electron chi connectivity index (χ2n) is 3.98. The van der Waals surface area contributed by atoms with Crippen molar-refractivity contribution in [3.05, 3.63) is 59.4 Å². The molecule has 4 heteroatoms. The van der Waals surface area contributed by atoms with E-state index >= 15 is 0 Å². The zero-order valence-electron chi connectivity index (χ0n) is 9.91. The minimum Gasteiger partial charge on any atom is -0.384 e. The van der Waals surface area contributed by atoms with Gasteiger partial charge in [-0.1, -0.05) is 29.5 Å². The lowest BCUT2D eigenvalue weighted by Crippen LogP contribution is -2.11. The Hall–Kier alpha value is -1.81. The van der Waals surface area contributed by atoms with E-state index in [1.807, 2.05) is 31.2 Å². The van der Waals surface area contributed by atoms with Crippen LogP contribution in [0.15, 0.2) is 52.3 Å². The van der Waals surface area contributed by atoms with Crippen molar-refractivity contribution in [1.82, 2.24) is 0 Å². The van der Waals surface area contributed by atoms with E-state index in [-0.39, 0.29) is 11.7 Å². The van der Waals surface area contributed by atoms with Crippen molar-refractivity contribution in [2.45, 2.75) is 16.7 Å². The number of aryl methyl sites for hydroxylation is 1. The molecule has 0 fully saturated rings. The van der Waals surface area contributed by atoms with E-state index in [0.29, 0.717) is 10.5 Å². The van der Waals surface area contributed by atoms with Gasteiger partial charge in [-0.2, -0.15) is 0 Å². The highest BCUT2D eigenvalue weighted by Gasteiger charge is 2.07. The van der Waals surface area contributed by atoms with Crippen LogP contribution in [0.3, 0.4) is 0 Å². The smallest absolute Gasteiger partial charge is 0.137 e.